The summed E-state index contributed by atoms with van der Waals surface area (Å²) >= 11 is 1.80. The third-order valence-corrected chi connectivity index (χ3v) is 3.93. The molecular weight excluding hydrogens is 352 g/mol. The number of anilines is 1. The molecule has 2 aromatic rings. The van der Waals surface area contributed by atoms with E-state index < -0.39 is 10.2 Å². The highest BCUT2D eigenvalue weighted by molar-refractivity contribution is 7.99. The summed E-state index contributed by atoms with van der Waals surface area (Å²) in [4.78, 5) is 3.36. The summed E-state index contributed by atoms with van der Waals surface area (Å²) in [5.41, 5.74) is 2.28. The van der Waals surface area contributed by atoms with Crippen molar-refractivity contribution in [2.24, 2.45) is 0 Å². The topological polar surface area (TPSA) is 99.4 Å². The van der Waals surface area contributed by atoms with E-state index in [9.17, 15) is 0 Å². The van der Waals surface area contributed by atoms with E-state index in [4.69, 9.17) is 18.6 Å². The molecule has 1 heterocycles. The Bertz CT molecular complexity index is 625. The highest BCUT2D eigenvalue weighted by Gasteiger charge is 2.08. The van der Waals surface area contributed by atoms with Crippen LogP contribution in [-0.2, 0) is 0 Å². The average Bonchev–Trinajstić information content (AvgIpc) is 2.52. The number of hydrogen-bond donors (Lipinski definition) is 0. The molecule has 0 atom stereocenters. The van der Waals surface area contributed by atoms with Gasteiger partial charge in [0.15, 0.2) is 18.1 Å². The van der Waals surface area contributed by atoms with Gasteiger partial charge in [-0.2, -0.15) is 4.57 Å². The van der Waals surface area contributed by atoms with Gasteiger partial charge < -0.3 is 4.90 Å². The summed E-state index contributed by atoms with van der Waals surface area (Å²) in [6.45, 7) is 4.14. The number of rotatable bonds is 5. The van der Waals surface area contributed by atoms with E-state index in [0.29, 0.717) is 0 Å². The number of benzene rings is 1. The average molecular weight is 371 g/mol. The summed E-state index contributed by atoms with van der Waals surface area (Å²) in [5.74, 6) is 0.885. The first-order valence-electron chi connectivity index (χ1n) is 6.83. The van der Waals surface area contributed by atoms with Crippen LogP contribution >= 0.6 is 11.8 Å². The first-order valence-corrected chi connectivity index (χ1v) is 9.05. The lowest BCUT2D eigenvalue weighted by Gasteiger charge is -2.17. The predicted molar refractivity (Wildman–Crippen MR) is 83.5 cm³/mol. The highest BCUT2D eigenvalue weighted by atomic mass is 35.7. The molecule has 8 heteroatoms. The fraction of sp³-hybridized carbons (Fsp3) is 0.188. The van der Waals surface area contributed by atoms with Crippen molar-refractivity contribution in [2.45, 2.75) is 4.90 Å². The summed E-state index contributed by atoms with van der Waals surface area (Å²) in [6.07, 6.45) is 4.12. The van der Waals surface area contributed by atoms with Gasteiger partial charge in [0.25, 0.3) is 0 Å². The summed E-state index contributed by atoms with van der Waals surface area (Å²) < 4.78 is 36.0. The van der Waals surface area contributed by atoms with E-state index in [-0.39, 0.29) is 0 Å². The van der Waals surface area contributed by atoms with Gasteiger partial charge >= 0.3 is 0 Å². The molecular formula is C16H19ClN2O4S. The van der Waals surface area contributed by atoms with Crippen LogP contribution in [0.25, 0.3) is 5.70 Å². The highest BCUT2D eigenvalue weighted by Crippen LogP contribution is 2.19. The van der Waals surface area contributed by atoms with E-state index in [0.717, 1.165) is 11.4 Å². The molecule has 2 rings (SSSR count). The molecule has 0 amide bonds. The second kappa shape index (κ2) is 9.63. The van der Waals surface area contributed by atoms with E-state index >= 15 is 0 Å². The monoisotopic (exact) mass is 370 g/mol. The number of hydrogen-bond acceptors (Lipinski definition) is 6. The van der Waals surface area contributed by atoms with Gasteiger partial charge in [0, 0.05) is 36.8 Å². The van der Waals surface area contributed by atoms with Crippen molar-refractivity contribution in [2.75, 3.05) is 24.7 Å². The zero-order chi connectivity index (χ0) is 18.2. The van der Waals surface area contributed by atoms with Crippen LogP contribution in [0.3, 0.4) is 0 Å². The van der Waals surface area contributed by atoms with Crippen molar-refractivity contribution >= 4 is 23.1 Å². The fourth-order valence-electron chi connectivity index (χ4n) is 1.69. The number of halogens is 1. The molecule has 0 spiro atoms. The lowest BCUT2D eigenvalue weighted by Crippen LogP contribution is -2.68. The van der Waals surface area contributed by atoms with Crippen LogP contribution in [0.5, 0.6) is 0 Å². The zero-order valence-corrected chi connectivity index (χ0v) is 15.0. The maximum absolute atomic E-state index is 8.49. The molecule has 6 nitrogen and oxygen atoms in total. The van der Waals surface area contributed by atoms with E-state index in [1.54, 1.807) is 11.8 Å². The molecule has 1 aromatic heterocycles. The van der Waals surface area contributed by atoms with Crippen molar-refractivity contribution in [3.8, 4) is 0 Å². The minimum atomic E-state index is -4.94. The van der Waals surface area contributed by atoms with Gasteiger partial charge in [0.05, 0.1) is 5.75 Å². The third-order valence-electron chi connectivity index (χ3n) is 2.84. The van der Waals surface area contributed by atoms with Gasteiger partial charge in [-0.25, -0.2) is 18.6 Å². The molecule has 0 aliphatic carbocycles. The molecule has 0 saturated carbocycles. The van der Waals surface area contributed by atoms with Crippen LogP contribution in [0, 0.1) is 10.2 Å². The van der Waals surface area contributed by atoms with Crippen molar-refractivity contribution < 1.29 is 33.4 Å². The van der Waals surface area contributed by atoms with Crippen molar-refractivity contribution in [1.82, 2.24) is 0 Å². The normalized spacial score (nSPS) is 10.6. The minimum absolute atomic E-state index is 0.885. The lowest BCUT2D eigenvalue weighted by molar-refractivity contribution is -2.00. The van der Waals surface area contributed by atoms with Gasteiger partial charge in [-0.3, -0.25) is 0 Å². The summed E-state index contributed by atoms with van der Waals surface area (Å²) in [5, 5.41) is 0. The van der Waals surface area contributed by atoms with Crippen LogP contribution in [0.1, 0.15) is 0 Å². The Hall–Kier alpha value is -1.61. The number of thioether (sulfide) groups is 1. The molecule has 1 aromatic carbocycles. The quantitative estimate of drug-likeness (QED) is 0.471. The number of pyridine rings is 1. The van der Waals surface area contributed by atoms with Gasteiger partial charge in [-0.1, -0.05) is 18.2 Å². The Morgan fingerprint density at radius 2 is 1.54 bits per heavy atom. The fourth-order valence-corrected chi connectivity index (χ4v) is 2.52. The Kier molecular flexibility index (Phi) is 8.20. The largest absolute Gasteiger partial charge is 0.377 e. The van der Waals surface area contributed by atoms with Gasteiger partial charge in [-0.15, -0.1) is 22.0 Å². The predicted octanol–water partition coefficient (Wildman–Crippen LogP) is -1.45. The molecule has 0 saturated heterocycles. The number of nitrogens with zero attached hydrogens (tertiary/aromatic N) is 2. The van der Waals surface area contributed by atoms with Crippen molar-refractivity contribution in [3.05, 3.63) is 61.4 Å². The molecule has 0 bridgehead atoms. The molecule has 0 N–H and O–H groups in total. The van der Waals surface area contributed by atoms with Gasteiger partial charge in [-0.05, 0) is 18.7 Å². The number of aromatic nitrogens is 1. The maximum Gasteiger partial charge on any atom is 0.190 e. The molecule has 24 heavy (non-hydrogen) atoms. The van der Waals surface area contributed by atoms with Crippen LogP contribution in [0.4, 0.5) is 5.69 Å². The molecule has 0 fully saturated rings. The lowest BCUT2D eigenvalue weighted by atomic mass is 10.3. The molecule has 0 unspecified atom stereocenters. The zero-order valence-electron chi connectivity index (χ0n) is 13.4. The first kappa shape index (κ1) is 20.4. The molecule has 130 valence electrons. The third kappa shape index (κ3) is 8.88. The SMILES string of the molecule is C=C(CSc1ccccc1)[n+]1ccc(N(C)C)cc1.[O-][Cl+3]([O-])([O-])[O-]. The second-order valence-corrected chi connectivity index (χ2v) is 6.71. The Balaban J connectivity index is 0.000000505. The smallest absolute Gasteiger partial charge is 0.190 e. The Morgan fingerprint density at radius 1 is 1.04 bits per heavy atom. The summed E-state index contributed by atoms with van der Waals surface area (Å²) in [7, 11) is -0.862. The van der Waals surface area contributed by atoms with E-state index in [1.165, 1.54) is 10.6 Å². The standard InChI is InChI=1S/C16H19N2S.ClHO4/c1-14(13-19-16-7-5-4-6-8-16)18-11-9-15(10-12-18)17(2)3;2-1(3,4)5/h4-12H,1,13H2,2-3H3;(H,2,3,4,5)/q+1;/p-1. The Morgan fingerprint density at radius 3 is 2.00 bits per heavy atom. The van der Waals surface area contributed by atoms with Gasteiger partial charge in [0.1, 0.15) is 0 Å². The van der Waals surface area contributed by atoms with Crippen molar-refractivity contribution in [1.29, 1.82) is 0 Å². The van der Waals surface area contributed by atoms with Crippen molar-refractivity contribution in [3.63, 3.8) is 0 Å². The summed E-state index contributed by atoms with van der Waals surface area (Å²) in [6, 6.07) is 14.6. The molecule has 0 radical (unpaired) electrons. The second-order valence-electron chi connectivity index (χ2n) is 4.90. The van der Waals surface area contributed by atoms with Crippen LogP contribution < -0.4 is 28.1 Å². The van der Waals surface area contributed by atoms with E-state index in [2.05, 4.69) is 64.8 Å². The van der Waals surface area contributed by atoms with Crippen LogP contribution in [0.15, 0.2) is 66.3 Å². The molecule has 0 aliphatic rings. The van der Waals surface area contributed by atoms with Gasteiger partial charge in [0.2, 0.25) is 0 Å². The van der Waals surface area contributed by atoms with Crippen LogP contribution in [-0.4, -0.2) is 19.8 Å². The molecule has 0 aliphatic heterocycles. The minimum Gasteiger partial charge on any atom is -0.377 e. The Labute approximate surface area is 148 Å². The van der Waals surface area contributed by atoms with E-state index in [1.807, 2.05) is 20.2 Å². The van der Waals surface area contributed by atoms with Crippen LogP contribution in [0.2, 0.25) is 0 Å². The maximum atomic E-state index is 8.49. The first-order chi connectivity index (χ1) is 11.2.